The van der Waals surface area contributed by atoms with E-state index in [4.69, 9.17) is 4.74 Å². The number of carbonyl (C=O) groups is 1. The van der Waals surface area contributed by atoms with E-state index < -0.39 is 17.6 Å². The molecule has 0 atom stereocenters. The molecule has 0 unspecified atom stereocenters. The molecule has 1 aliphatic rings. The van der Waals surface area contributed by atoms with Crippen molar-refractivity contribution in [3.05, 3.63) is 64.6 Å². The summed E-state index contributed by atoms with van der Waals surface area (Å²) in [5, 5.41) is 2.60. The standard InChI is InChI=1S/C19H15F3N2O2S/c1-2-26-13-9-7-12(8-10-13)11-16-17(25)24-18(27-16)23-15-6-4-3-5-14(15)19(20,21)22/h3-11H,2H2,1H3,(H,23,24,25)/b16-11-. The van der Waals surface area contributed by atoms with E-state index in [1.165, 1.54) is 18.2 Å². The maximum Gasteiger partial charge on any atom is 0.418 e. The van der Waals surface area contributed by atoms with Crippen molar-refractivity contribution in [1.29, 1.82) is 0 Å². The molecule has 0 saturated carbocycles. The second kappa shape index (κ2) is 7.87. The minimum absolute atomic E-state index is 0.105. The number of carbonyl (C=O) groups excluding carboxylic acids is 1. The summed E-state index contributed by atoms with van der Waals surface area (Å²) in [6.45, 7) is 2.44. The van der Waals surface area contributed by atoms with Crippen molar-refractivity contribution in [2.45, 2.75) is 13.1 Å². The van der Waals surface area contributed by atoms with E-state index >= 15 is 0 Å². The lowest BCUT2D eigenvalue weighted by Crippen LogP contribution is -2.19. The molecular weight excluding hydrogens is 377 g/mol. The molecule has 0 spiro atoms. The molecule has 2 aromatic rings. The van der Waals surface area contributed by atoms with Crippen molar-refractivity contribution in [2.75, 3.05) is 6.61 Å². The Morgan fingerprint density at radius 3 is 2.52 bits per heavy atom. The molecule has 0 radical (unpaired) electrons. The van der Waals surface area contributed by atoms with E-state index in [0.717, 1.165) is 23.4 Å². The van der Waals surface area contributed by atoms with Gasteiger partial charge >= 0.3 is 6.18 Å². The summed E-state index contributed by atoms with van der Waals surface area (Å²) in [6.07, 6.45) is -2.87. The number of nitrogens with one attached hydrogen (secondary N) is 1. The molecule has 1 amide bonds. The number of halogens is 3. The fourth-order valence-corrected chi connectivity index (χ4v) is 3.21. The Bertz CT molecular complexity index is 906. The van der Waals surface area contributed by atoms with Gasteiger partial charge in [-0.1, -0.05) is 24.3 Å². The van der Waals surface area contributed by atoms with Crippen LogP contribution in [0, 0.1) is 0 Å². The predicted octanol–water partition coefficient (Wildman–Crippen LogP) is 5.00. The Hall–Kier alpha value is -2.74. The largest absolute Gasteiger partial charge is 0.494 e. The monoisotopic (exact) mass is 392 g/mol. The van der Waals surface area contributed by atoms with Gasteiger partial charge in [-0.25, -0.2) is 4.99 Å². The highest BCUT2D eigenvalue weighted by Gasteiger charge is 2.34. The molecule has 0 aliphatic carbocycles. The topological polar surface area (TPSA) is 50.7 Å². The van der Waals surface area contributed by atoms with Gasteiger partial charge in [0.15, 0.2) is 5.17 Å². The number of benzene rings is 2. The van der Waals surface area contributed by atoms with Gasteiger partial charge in [0.2, 0.25) is 0 Å². The molecule has 27 heavy (non-hydrogen) atoms. The summed E-state index contributed by atoms with van der Waals surface area (Å²) in [4.78, 5) is 16.4. The average molecular weight is 392 g/mol. The van der Waals surface area contributed by atoms with Crippen LogP contribution in [-0.2, 0) is 11.0 Å². The first-order valence-electron chi connectivity index (χ1n) is 8.05. The van der Waals surface area contributed by atoms with Crippen LogP contribution in [0.15, 0.2) is 58.4 Å². The molecule has 2 aromatic carbocycles. The first kappa shape index (κ1) is 19.0. The SMILES string of the molecule is CCOc1ccc(/C=C2\SC(=Nc3ccccc3C(F)(F)F)NC2=O)cc1. The van der Waals surface area contributed by atoms with Crippen molar-refractivity contribution >= 4 is 34.6 Å². The van der Waals surface area contributed by atoms with Crippen LogP contribution >= 0.6 is 11.8 Å². The molecule has 8 heteroatoms. The van der Waals surface area contributed by atoms with Gasteiger partial charge in [0.1, 0.15) is 5.75 Å². The molecule has 1 fully saturated rings. The predicted molar refractivity (Wildman–Crippen MR) is 99.9 cm³/mol. The number of hydrogen-bond acceptors (Lipinski definition) is 4. The van der Waals surface area contributed by atoms with Gasteiger partial charge in [-0.2, -0.15) is 13.2 Å². The van der Waals surface area contributed by atoms with Gasteiger partial charge in [0.25, 0.3) is 5.91 Å². The Balaban J connectivity index is 1.82. The van der Waals surface area contributed by atoms with Crippen molar-refractivity contribution in [2.24, 2.45) is 4.99 Å². The van der Waals surface area contributed by atoms with Crippen molar-refractivity contribution in [3.8, 4) is 5.75 Å². The number of aliphatic imine (C=N–C) groups is 1. The van der Waals surface area contributed by atoms with Gasteiger partial charge in [-0.05, 0) is 54.6 Å². The Labute approximate surface area is 158 Å². The van der Waals surface area contributed by atoms with E-state index in [2.05, 4.69) is 10.3 Å². The van der Waals surface area contributed by atoms with Gasteiger partial charge in [-0.15, -0.1) is 0 Å². The number of hydrogen-bond donors (Lipinski definition) is 1. The third-order valence-electron chi connectivity index (χ3n) is 3.57. The van der Waals surface area contributed by atoms with Gasteiger partial charge in [-0.3, -0.25) is 4.79 Å². The Morgan fingerprint density at radius 1 is 1.15 bits per heavy atom. The van der Waals surface area contributed by atoms with E-state index in [1.54, 1.807) is 30.3 Å². The van der Waals surface area contributed by atoms with Crippen molar-refractivity contribution in [3.63, 3.8) is 0 Å². The minimum atomic E-state index is -4.52. The number of nitrogens with zero attached hydrogens (tertiary/aromatic N) is 1. The van der Waals surface area contributed by atoms with Crippen LogP contribution in [0.5, 0.6) is 5.75 Å². The summed E-state index contributed by atoms with van der Waals surface area (Å²) in [6, 6.07) is 12.1. The van der Waals surface area contributed by atoms with E-state index in [-0.39, 0.29) is 10.9 Å². The van der Waals surface area contributed by atoms with Crippen LogP contribution in [0.25, 0.3) is 6.08 Å². The average Bonchev–Trinajstić information content (AvgIpc) is 2.95. The number of para-hydroxylation sites is 1. The van der Waals surface area contributed by atoms with Crippen molar-refractivity contribution < 1.29 is 22.7 Å². The fraction of sp³-hybridized carbons (Fsp3) is 0.158. The van der Waals surface area contributed by atoms with E-state index in [0.29, 0.717) is 17.3 Å². The van der Waals surface area contributed by atoms with Gasteiger partial charge in [0.05, 0.1) is 22.8 Å². The summed E-state index contributed by atoms with van der Waals surface area (Å²) < 4.78 is 44.6. The number of ether oxygens (including phenoxy) is 1. The second-order valence-corrected chi connectivity index (χ2v) is 6.53. The third-order valence-corrected chi connectivity index (χ3v) is 4.48. The summed E-state index contributed by atoms with van der Waals surface area (Å²) in [5.41, 5.74) is -0.320. The maximum atomic E-state index is 13.1. The molecule has 1 saturated heterocycles. The fourth-order valence-electron chi connectivity index (χ4n) is 2.38. The quantitative estimate of drug-likeness (QED) is 0.746. The molecule has 0 bridgehead atoms. The number of amides is 1. The zero-order valence-electron chi connectivity index (χ0n) is 14.2. The maximum absolute atomic E-state index is 13.1. The van der Waals surface area contributed by atoms with Gasteiger partial charge < -0.3 is 10.1 Å². The summed E-state index contributed by atoms with van der Waals surface area (Å²) >= 11 is 0.994. The van der Waals surface area contributed by atoms with Crippen LogP contribution in [-0.4, -0.2) is 17.7 Å². The van der Waals surface area contributed by atoms with E-state index in [9.17, 15) is 18.0 Å². The lowest BCUT2D eigenvalue weighted by molar-refractivity contribution is -0.137. The number of thioether (sulfide) groups is 1. The highest BCUT2D eigenvalue weighted by Crippen LogP contribution is 2.37. The van der Waals surface area contributed by atoms with Crippen molar-refractivity contribution in [1.82, 2.24) is 5.32 Å². The molecule has 0 aromatic heterocycles. The number of alkyl halides is 3. The van der Waals surface area contributed by atoms with Gasteiger partial charge in [0, 0.05) is 0 Å². The highest BCUT2D eigenvalue weighted by molar-refractivity contribution is 8.18. The van der Waals surface area contributed by atoms with Crippen LogP contribution in [0.4, 0.5) is 18.9 Å². The summed E-state index contributed by atoms with van der Waals surface area (Å²) in [5.74, 6) is 0.311. The van der Waals surface area contributed by atoms with E-state index in [1.807, 2.05) is 6.92 Å². The molecule has 1 aliphatic heterocycles. The molecule has 4 nitrogen and oxygen atoms in total. The molecule has 1 heterocycles. The molecule has 1 N–H and O–H groups in total. The van der Waals surface area contributed by atoms with Crippen LogP contribution in [0.2, 0.25) is 0 Å². The summed E-state index contributed by atoms with van der Waals surface area (Å²) in [7, 11) is 0. The number of rotatable bonds is 4. The smallest absolute Gasteiger partial charge is 0.418 e. The zero-order chi connectivity index (χ0) is 19.4. The Kier molecular flexibility index (Phi) is 5.55. The lowest BCUT2D eigenvalue weighted by Gasteiger charge is -2.09. The zero-order valence-corrected chi connectivity index (χ0v) is 15.0. The van der Waals surface area contributed by atoms with Crippen LogP contribution in [0.1, 0.15) is 18.1 Å². The third kappa shape index (κ3) is 4.71. The first-order valence-corrected chi connectivity index (χ1v) is 8.87. The molecule has 3 rings (SSSR count). The van der Waals surface area contributed by atoms with Crippen LogP contribution in [0.3, 0.4) is 0 Å². The number of amidine groups is 1. The first-order chi connectivity index (χ1) is 12.9. The normalized spacial score (nSPS) is 17.4. The van der Waals surface area contributed by atoms with Crippen LogP contribution < -0.4 is 10.1 Å². The lowest BCUT2D eigenvalue weighted by atomic mass is 10.2. The molecular formula is C19H15F3N2O2S. The highest BCUT2D eigenvalue weighted by atomic mass is 32.2. The second-order valence-electron chi connectivity index (χ2n) is 5.50. The molecule has 140 valence electrons. The minimum Gasteiger partial charge on any atom is -0.494 e. The Morgan fingerprint density at radius 2 is 1.85 bits per heavy atom.